The summed E-state index contributed by atoms with van der Waals surface area (Å²) >= 11 is 0. The first-order valence-electron chi connectivity index (χ1n) is 10.6. The van der Waals surface area contributed by atoms with Gasteiger partial charge in [0.1, 0.15) is 6.04 Å². The van der Waals surface area contributed by atoms with Gasteiger partial charge in [-0.3, -0.25) is 9.69 Å². The molecule has 146 valence electrons. The molecule has 5 heteroatoms. The van der Waals surface area contributed by atoms with Crippen molar-refractivity contribution in [1.82, 2.24) is 4.90 Å². The Labute approximate surface area is 156 Å². The van der Waals surface area contributed by atoms with Crippen LogP contribution >= 0.6 is 0 Å². The number of aliphatic hydroxyl groups excluding tert-OH is 2. The number of carboxylic acids is 1. The standard InChI is InChI=1S/C21H33NO4/c23-15(10-13-4-1-2-5-13)8-9-16-17-11-14-6-3-7-18(21(25)26)22(14)19(17)12-20(16)24/h8-9,13-20,23-24H,1-7,10-12H2,(H,25,26)/t14?,15-,16+,17+,18?,19+,20+/m0/s1. The second-order valence-electron chi connectivity index (χ2n) is 9.07. The Morgan fingerprint density at radius 3 is 2.62 bits per heavy atom. The number of carbonyl (C=O) groups is 1. The number of hydrogen-bond donors (Lipinski definition) is 3. The molecule has 0 bridgehead atoms. The zero-order chi connectivity index (χ0) is 18.3. The Bertz CT molecular complexity index is 544. The van der Waals surface area contributed by atoms with Gasteiger partial charge in [0.25, 0.3) is 0 Å². The normalized spacial score (nSPS) is 42.2. The molecule has 5 nitrogen and oxygen atoms in total. The molecule has 2 saturated heterocycles. The van der Waals surface area contributed by atoms with E-state index in [0.29, 0.717) is 24.3 Å². The van der Waals surface area contributed by atoms with Gasteiger partial charge in [-0.2, -0.15) is 0 Å². The molecular formula is C21H33NO4. The van der Waals surface area contributed by atoms with Gasteiger partial charge in [-0.25, -0.2) is 0 Å². The SMILES string of the molecule is O=C(O)C1CCCC2C[C@@H]3[C@@H](C=C[C@H](O)CC4CCCC4)[C@H](O)C[C@H]3N21. The lowest BCUT2D eigenvalue weighted by molar-refractivity contribution is -0.146. The van der Waals surface area contributed by atoms with Gasteiger partial charge < -0.3 is 15.3 Å². The fourth-order valence-electron chi connectivity index (χ4n) is 6.38. The van der Waals surface area contributed by atoms with Crippen LogP contribution in [0.3, 0.4) is 0 Å². The number of carboxylic acid groups (broad SMARTS) is 1. The van der Waals surface area contributed by atoms with Crippen LogP contribution in [0.4, 0.5) is 0 Å². The smallest absolute Gasteiger partial charge is 0.320 e. The van der Waals surface area contributed by atoms with E-state index in [1.165, 1.54) is 25.7 Å². The number of piperidine rings is 1. The molecule has 0 radical (unpaired) electrons. The van der Waals surface area contributed by atoms with Crippen molar-refractivity contribution in [2.75, 3.05) is 0 Å². The summed E-state index contributed by atoms with van der Waals surface area (Å²) in [6, 6.07) is 0.149. The Hall–Kier alpha value is -0.910. The molecule has 0 aromatic rings. The van der Waals surface area contributed by atoms with E-state index < -0.39 is 18.2 Å². The van der Waals surface area contributed by atoms with E-state index in [1.807, 2.05) is 12.2 Å². The summed E-state index contributed by atoms with van der Waals surface area (Å²) in [7, 11) is 0. The topological polar surface area (TPSA) is 81.0 Å². The second kappa shape index (κ2) is 7.61. The molecule has 2 aliphatic carbocycles. The molecule has 0 amide bonds. The first-order chi connectivity index (χ1) is 12.5. The van der Waals surface area contributed by atoms with Gasteiger partial charge in [0.05, 0.1) is 12.2 Å². The van der Waals surface area contributed by atoms with E-state index in [1.54, 1.807) is 0 Å². The van der Waals surface area contributed by atoms with Crippen LogP contribution in [0.25, 0.3) is 0 Å². The number of nitrogens with zero attached hydrogens (tertiary/aromatic N) is 1. The summed E-state index contributed by atoms with van der Waals surface area (Å²) in [6.07, 6.45) is 13.4. The number of aliphatic hydroxyl groups is 2. The molecule has 4 rings (SSSR count). The number of aliphatic carboxylic acids is 1. The molecule has 3 N–H and O–H groups in total. The highest BCUT2D eigenvalue weighted by Gasteiger charge is 2.54. The van der Waals surface area contributed by atoms with Gasteiger partial charge in [-0.15, -0.1) is 0 Å². The van der Waals surface area contributed by atoms with E-state index in [-0.39, 0.29) is 18.0 Å². The lowest BCUT2D eigenvalue weighted by atomic mass is 9.88. The maximum atomic E-state index is 11.7. The molecule has 4 fully saturated rings. The molecule has 2 heterocycles. The fraction of sp³-hybridized carbons (Fsp3) is 0.857. The first kappa shape index (κ1) is 18.5. The average molecular weight is 363 g/mol. The van der Waals surface area contributed by atoms with Gasteiger partial charge in [0.15, 0.2) is 0 Å². The van der Waals surface area contributed by atoms with Crippen molar-refractivity contribution in [2.24, 2.45) is 17.8 Å². The van der Waals surface area contributed by atoms with Crippen LogP contribution in [0.5, 0.6) is 0 Å². The highest BCUT2D eigenvalue weighted by atomic mass is 16.4. The number of hydrogen-bond acceptors (Lipinski definition) is 4. The van der Waals surface area contributed by atoms with Crippen molar-refractivity contribution in [1.29, 1.82) is 0 Å². The Morgan fingerprint density at radius 2 is 1.88 bits per heavy atom. The van der Waals surface area contributed by atoms with Crippen molar-refractivity contribution in [3.8, 4) is 0 Å². The summed E-state index contributed by atoms with van der Waals surface area (Å²) < 4.78 is 0. The van der Waals surface area contributed by atoms with E-state index in [0.717, 1.165) is 32.1 Å². The zero-order valence-electron chi connectivity index (χ0n) is 15.5. The monoisotopic (exact) mass is 363 g/mol. The lowest BCUT2D eigenvalue weighted by Gasteiger charge is -2.38. The van der Waals surface area contributed by atoms with Crippen molar-refractivity contribution in [2.45, 2.75) is 94.5 Å². The number of fused-ring (bicyclic) bond motifs is 3. The van der Waals surface area contributed by atoms with Gasteiger partial charge in [0, 0.05) is 18.0 Å². The van der Waals surface area contributed by atoms with Crippen LogP contribution < -0.4 is 0 Å². The number of rotatable bonds is 5. The Kier molecular flexibility index (Phi) is 5.40. The summed E-state index contributed by atoms with van der Waals surface area (Å²) in [5.41, 5.74) is 0. The summed E-state index contributed by atoms with van der Waals surface area (Å²) in [4.78, 5) is 13.9. The molecule has 0 aromatic carbocycles. The molecule has 0 aromatic heterocycles. The Morgan fingerprint density at radius 1 is 1.12 bits per heavy atom. The maximum absolute atomic E-state index is 11.7. The molecule has 7 atom stereocenters. The predicted octanol–water partition coefficient (Wildman–Crippen LogP) is 2.56. The van der Waals surface area contributed by atoms with Crippen LogP contribution in [-0.4, -0.2) is 56.5 Å². The first-order valence-corrected chi connectivity index (χ1v) is 10.6. The van der Waals surface area contributed by atoms with E-state index >= 15 is 0 Å². The Balaban J connectivity index is 1.42. The average Bonchev–Trinajstić information content (AvgIpc) is 3.29. The minimum absolute atomic E-state index is 0.0540. The summed E-state index contributed by atoms with van der Waals surface area (Å²) in [5.74, 6) is 0.312. The van der Waals surface area contributed by atoms with Crippen LogP contribution in [0.2, 0.25) is 0 Å². The molecule has 26 heavy (non-hydrogen) atoms. The van der Waals surface area contributed by atoms with E-state index in [4.69, 9.17) is 0 Å². The fourth-order valence-corrected chi connectivity index (χ4v) is 6.38. The minimum Gasteiger partial charge on any atom is -0.480 e. The molecular weight excluding hydrogens is 330 g/mol. The zero-order valence-corrected chi connectivity index (χ0v) is 15.5. The van der Waals surface area contributed by atoms with Gasteiger partial charge in [-0.05, 0) is 50.4 Å². The summed E-state index contributed by atoms with van der Waals surface area (Å²) in [5, 5.41) is 30.6. The van der Waals surface area contributed by atoms with Crippen molar-refractivity contribution < 1.29 is 20.1 Å². The van der Waals surface area contributed by atoms with Crippen molar-refractivity contribution in [3.05, 3.63) is 12.2 Å². The molecule has 4 aliphatic rings. The van der Waals surface area contributed by atoms with E-state index in [9.17, 15) is 20.1 Å². The second-order valence-corrected chi connectivity index (χ2v) is 9.07. The van der Waals surface area contributed by atoms with Crippen LogP contribution in [0.15, 0.2) is 12.2 Å². The van der Waals surface area contributed by atoms with Gasteiger partial charge >= 0.3 is 5.97 Å². The van der Waals surface area contributed by atoms with Crippen molar-refractivity contribution >= 4 is 5.97 Å². The largest absolute Gasteiger partial charge is 0.480 e. The van der Waals surface area contributed by atoms with Gasteiger partial charge in [-0.1, -0.05) is 37.8 Å². The van der Waals surface area contributed by atoms with Crippen LogP contribution in [0.1, 0.15) is 64.2 Å². The highest BCUT2D eigenvalue weighted by molar-refractivity contribution is 5.73. The van der Waals surface area contributed by atoms with Crippen molar-refractivity contribution in [3.63, 3.8) is 0 Å². The molecule has 2 aliphatic heterocycles. The third kappa shape index (κ3) is 3.46. The predicted molar refractivity (Wildman–Crippen MR) is 98.6 cm³/mol. The minimum atomic E-state index is -0.712. The van der Waals surface area contributed by atoms with E-state index in [2.05, 4.69) is 4.90 Å². The molecule has 2 saturated carbocycles. The third-order valence-corrected chi connectivity index (χ3v) is 7.53. The molecule has 2 unspecified atom stereocenters. The van der Waals surface area contributed by atoms with Crippen LogP contribution in [0, 0.1) is 17.8 Å². The molecule has 0 spiro atoms. The third-order valence-electron chi connectivity index (χ3n) is 7.53. The quantitative estimate of drug-likeness (QED) is 0.654. The lowest BCUT2D eigenvalue weighted by Crippen LogP contribution is -2.51. The summed E-state index contributed by atoms with van der Waals surface area (Å²) in [6.45, 7) is 0. The highest BCUT2D eigenvalue weighted by Crippen LogP contribution is 2.49. The maximum Gasteiger partial charge on any atom is 0.320 e. The van der Waals surface area contributed by atoms with Gasteiger partial charge in [0.2, 0.25) is 0 Å². The van der Waals surface area contributed by atoms with Crippen LogP contribution in [-0.2, 0) is 4.79 Å².